The van der Waals surface area contributed by atoms with Gasteiger partial charge in [0, 0.05) is 16.7 Å². The average molecular weight is 253 g/mol. The molecule has 0 fully saturated rings. The van der Waals surface area contributed by atoms with Gasteiger partial charge in [-0.2, -0.15) is 0 Å². The number of aromatic hydroxyl groups is 1. The third kappa shape index (κ3) is 3.11. The van der Waals surface area contributed by atoms with E-state index in [1.807, 2.05) is 0 Å². The molecule has 0 amide bonds. The van der Waals surface area contributed by atoms with Crippen molar-refractivity contribution in [2.75, 3.05) is 0 Å². The van der Waals surface area contributed by atoms with Gasteiger partial charge in [-0.25, -0.2) is 4.39 Å². The second kappa shape index (κ2) is 5.06. The van der Waals surface area contributed by atoms with E-state index in [0.717, 1.165) is 6.07 Å². The maximum Gasteiger partial charge on any atom is 0.126 e. The normalized spacial score (nSPS) is 10.2. The molecule has 2 nitrogen and oxygen atoms in total. The number of phenolic OH excluding ortho intramolecular Hbond substituents is 1. The zero-order valence-corrected chi connectivity index (χ0v) is 9.62. The summed E-state index contributed by atoms with van der Waals surface area (Å²) in [7, 11) is 0. The molecule has 0 heterocycles. The van der Waals surface area contributed by atoms with E-state index in [9.17, 15) is 9.50 Å². The summed E-state index contributed by atoms with van der Waals surface area (Å²) >= 11 is 5.80. The van der Waals surface area contributed by atoms with Gasteiger partial charge in [-0.15, -0.1) is 0 Å². The minimum Gasteiger partial charge on any atom is -0.507 e. The van der Waals surface area contributed by atoms with Crippen molar-refractivity contribution in [2.24, 2.45) is 0 Å². The summed E-state index contributed by atoms with van der Waals surface area (Å²) in [5.41, 5.74) is 0.520. The van der Waals surface area contributed by atoms with Crippen molar-refractivity contribution < 1.29 is 14.2 Å². The van der Waals surface area contributed by atoms with Crippen molar-refractivity contribution in [3.8, 4) is 11.5 Å². The van der Waals surface area contributed by atoms with Gasteiger partial charge in [-0.05, 0) is 30.3 Å². The van der Waals surface area contributed by atoms with Crippen LogP contribution in [0.2, 0.25) is 5.02 Å². The Bertz CT molecular complexity index is 529. The van der Waals surface area contributed by atoms with Gasteiger partial charge in [0.15, 0.2) is 0 Å². The Balaban J connectivity index is 2.07. The molecule has 0 aromatic heterocycles. The zero-order valence-electron chi connectivity index (χ0n) is 8.86. The first-order chi connectivity index (χ1) is 8.15. The molecule has 0 aliphatic rings. The summed E-state index contributed by atoms with van der Waals surface area (Å²) in [6.07, 6.45) is 0. The van der Waals surface area contributed by atoms with Crippen LogP contribution in [-0.2, 0) is 6.61 Å². The second-order valence-electron chi connectivity index (χ2n) is 3.52. The molecule has 0 bridgehead atoms. The van der Waals surface area contributed by atoms with Crippen LogP contribution in [0.5, 0.6) is 11.5 Å². The van der Waals surface area contributed by atoms with Crippen LogP contribution in [0, 0.1) is 5.82 Å². The standard InChI is InChI=1S/C13H10ClFO2/c14-10-2-1-3-12(6-10)17-8-9-4-5-11(15)7-13(9)16/h1-7,16H,8H2. The number of benzene rings is 2. The number of halogens is 2. The fraction of sp³-hybridized carbons (Fsp3) is 0.0769. The minimum atomic E-state index is -0.478. The fourth-order valence-electron chi connectivity index (χ4n) is 1.38. The second-order valence-corrected chi connectivity index (χ2v) is 3.96. The summed E-state index contributed by atoms with van der Waals surface area (Å²) in [5.74, 6) is 0.00209. The monoisotopic (exact) mass is 252 g/mol. The maximum atomic E-state index is 12.7. The first kappa shape index (κ1) is 11.7. The van der Waals surface area contributed by atoms with Crippen LogP contribution in [0.15, 0.2) is 42.5 Å². The van der Waals surface area contributed by atoms with Gasteiger partial charge in [-0.1, -0.05) is 17.7 Å². The van der Waals surface area contributed by atoms with Crippen LogP contribution < -0.4 is 4.74 Å². The van der Waals surface area contributed by atoms with E-state index in [1.54, 1.807) is 24.3 Å². The van der Waals surface area contributed by atoms with Crippen LogP contribution in [0.25, 0.3) is 0 Å². The summed E-state index contributed by atoms with van der Waals surface area (Å²) < 4.78 is 18.2. The highest BCUT2D eigenvalue weighted by molar-refractivity contribution is 6.30. The molecular formula is C13H10ClFO2. The number of phenols is 1. The summed E-state index contributed by atoms with van der Waals surface area (Å²) in [6.45, 7) is 0.159. The van der Waals surface area contributed by atoms with E-state index < -0.39 is 5.82 Å². The fourth-order valence-corrected chi connectivity index (χ4v) is 1.56. The summed E-state index contributed by atoms with van der Waals surface area (Å²) in [6, 6.07) is 10.7. The van der Waals surface area contributed by atoms with Crippen LogP contribution in [0.4, 0.5) is 4.39 Å². The molecule has 0 spiro atoms. The Morgan fingerprint density at radius 3 is 2.71 bits per heavy atom. The number of hydrogen-bond acceptors (Lipinski definition) is 2. The molecule has 4 heteroatoms. The van der Waals surface area contributed by atoms with E-state index in [-0.39, 0.29) is 12.4 Å². The van der Waals surface area contributed by atoms with Crippen molar-refractivity contribution in [3.05, 3.63) is 58.9 Å². The lowest BCUT2D eigenvalue weighted by Crippen LogP contribution is -1.96. The molecule has 0 radical (unpaired) electrons. The van der Waals surface area contributed by atoms with Gasteiger partial charge in [-0.3, -0.25) is 0 Å². The Kier molecular flexibility index (Phi) is 3.49. The Hall–Kier alpha value is -1.74. The number of ether oxygens (including phenoxy) is 1. The van der Waals surface area contributed by atoms with E-state index >= 15 is 0 Å². The van der Waals surface area contributed by atoms with E-state index in [0.29, 0.717) is 16.3 Å². The first-order valence-electron chi connectivity index (χ1n) is 5.01. The number of hydrogen-bond donors (Lipinski definition) is 1. The lowest BCUT2D eigenvalue weighted by molar-refractivity contribution is 0.299. The predicted molar refractivity (Wildman–Crippen MR) is 63.8 cm³/mol. The van der Waals surface area contributed by atoms with Gasteiger partial charge >= 0.3 is 0 Å². The molecule has 0 aliphatic carbocycles. The predicted octanol–water partition coefficient (Wildman–Crippen LogP) is 3.76. The maximum absolute atomic E-state index is 12.7. The molecule has 2 aromatic rings. The molecule has 1 N–H and O–H groups in total. The molecule has 0 aliphatic heterocycles. The average Bonchev–Trinajstić information content (AvgIpc) is 2.28. The smallest absolute Gasteiger partial charge is 0.126 e. The third-order valence-electron chi connectivity index (χ3n) is 2.24. The minimum absolute atomic E-state index is 0.118. The molecule has 2 rings (SSSR count). The quantitative estimate of drug-likeness (QED) is 0.901. The van der Waals surface area contributed by atoms with E-state index in [1.165, 1.54) is 12.1 Å². The van der Waals surface area contributed by atoms with Crippen LogP contribution in [0.1, 0.15) is 5.56 Å². The van der Waals surface area contributed by atoms with Crippen molar-refractivity contribution in [1.29, 1.82) is 0 Å². The van der Waals surface area contributed by atoms with Gasteiger partial charge in [0.05, 0.1) is 0 Å². The van der Waals surface area contributed by atoms with Gasteiger partial charge in [0.2, 0.25) is 0 Å². The highest BCUT2D eigenvalue weighted by atomic mass is 35.5. The van der Waals surface area contributed by atoms with Crippen molar-refractivity contribution >= 4 is 11.6 Å². The van der Waals surface area contributed by atoms with Crippen LogP contribution >= 0.6 is 11.6 Å². The SMILES string of the molecule is Oc1cc(F)ccc1COc1cccc(Cl)c1. The first-order valence-corrected chi connectivity index (χ1v) is 5.39. The van der Waals surface area contributed by atoms with E-state index in [2.05, 4.69) is 0 Å². The molecule has 0 saturated carbocycles. The highest BCUT2D eigenvalue weighted by Gasteiger charge is 2.03. The molecular weight excluding hydrogens is 243 g/mol. The number of rotatable bonds is 3. The Morgan fingerprint density at radius 2 is 2.00 bits per heavy atom. The molecule has 0 atom stereocenters. The summed E-state index contributed by atoms with van der Waals surface area (Å²) in [5, 5.41) is 10.1. The van der Waals surface area contributed by atoms with Crippen molar-refractivity contribution in [2.45, 2.75) is 6.61 Å². The van der Waals surface area contributed by atoms with Gasteiger partial charge in [0.25, 0.3) is 0 Å². The molecule has 17 heavy (non-hydrogen) atoms. The zero-order chi connectivity index (χ0) is 12.3. The topological polar surface area (TPSA) is 29.5 Å². The Morgan fingerprint density at radius 1 is 1.18 bits per heavy atom. The van der Waals surface area contributed by atoms with Gasteiger partial charge < -0.3 is 9.84 Å². The van der Waals surface area contributed by atoms with Crippen LogP contribution in [-0.4, -0.2) is 5.11 Å². The molecule has 0 unspecified atom stereocenters. The molecule has 2 aromatic carbocycles. The summed E-state index contributed by atoms with van der Waals surface area (Å²) in [4.78, 5) is 0. The Labute approximate surface area is 103 Å². The highest BCUT2D eigenvalue weighted by Crippen LogP contribution is 2.22. The largest absolute Gasteiger partial charge is 0.507 e. The van der Waals surface area contributed by atoms with Crippen LogP contribution in [0.3, 0.4) is 0 Å². The third-order valence-corrected chi connectivity index (χ3v) is 2.47. The lowest BCUT2D eigenvalue weighted by atomic mass is 10.2. The van der Waals surface area contributed by atoms with Gasteiger partial charge in [0.1, 0.15) is 23.9 Å². The van der Waals surface area contributed by atoms with E-state index in [4.69, 9.17) is 16.3 Å². The lowest BCUT2D eigenvalue weighted by Gasteiger charge is -2.08. The molecule has 88 valence electrons. The van der Waals surface area contributed by atoms with Crippen molar-refractivity contribution in [1.82, 2.24) is 0 Å². The van der Waals surface area contributed by atoms with Crippen molar-refractivity contribution in [3.63, 3.8) is 0 Å². The molecule has 0 saturated heterocycles.